The van der Waals surface area contributed by atoms with Gasteiger partial charge in [0.05, 0.1) is 6.54 Å². The summed E-state index contributed by atoms with van der Waals surface area (Å²) < 4.78 is 1.56. The molecule has 0 bridgehead atoms. The lowest BCUT2D eigenvalue weighted by Gasteiger charge is -2.13. The standard InChI is InChI=1S/C9H12N4O2/c1-2-10-8(14)6-5-7-9(15)11-3-4-13(7)12-6/h5H,2-4H2,1H3,(H,10,14)(H,11,15). The van der Waals surface area contributed by atoms with Gasteiger partial charge >= 0.3 is 0 Å². The molecular weight excluding hydrogens is 196 g/mol. The van der Waals surface area contributed by atoms with E-state index >= 15 is 0 Å². The second-order valence-corrected chi connectivity index (χ2v) is 3.25. The maximum atomic E-state index is 11.5. The van der Waals surface area contributed by atoms with E-state index in [1.807, 2.05) is 6.92 Å². The Morgan fingerprint density at radius 3 is 3.20 bits per heavy atom. The number of carbonyl (C=O) groups excluding carboxylic acids is 2. The second-order valence-electron chi connectivity index (χ2n) is 3.25. The molecule has 0 aromatic carbocycles. The Hall–Kier alpha value is -1.85. The Bertz CT molecular complexity index is 410. The average molecular weight is 208 g/mol. The number of carbonyl (C=O) groups is 2. The Morgan fingerprint density at radius 1 is 1.73 bits per heavy atom. The van der Waals surface area contributed by atoms with E-state index in [1.165, 1.54) is 6.07 Å². The van der Waals surface area contributed by atoms with Crippen molar-refractivity contribution >= 4 is 11.8 Å². The third kappa shape index (κ3) is 1.70. The zero-order chi connectivity index (χ0) is 10.8. The van der Waals surface area contributed by atoms with Gasteiger partial charge in [0, 0.05) is 19.2 Å². The fraction of sp³-hybridized carbons (Fsp3) is 0.444. The summed E-state index contributed by atoms with van der Waals surface area (Å²) in [7, 11) is 0. The molecule has 0 unspecified atom stereocenters. The topological polar surface area (TPSA) is 76.0 Å². The van der Waals surface area contributed by atoms with E-state index in [0.29, 0.717) is 31.0 Å². The van der Waals surface area contributed by atoms with E-state index in [4.69, 9.17) is 0 Å². The molecule has 2 rings (SSSR count). The molecule has 15 heavy (non-hydrogen) atoms. The molecule has 1 aliphatic rings. The minimum atomic E-state index is -0.243. The van der Waals surface area contributed by atoms with Crippen LogP contribution in [-0.2, 0) is 6.54 Å². The molecule has 0 saturated carbocycles. The average Bonchev–Trinajstić information content (AvgIpc) is 2.63. The fourth-order valence-corrected chi connectivity index (χ4v) is 1.50. The third-order valence-corrected chi connectivity index (χ3v) is 2.19. The van der Waals surface area contributed by atoms with Crippen LogP contribution in [0, 0.1) is 0 Å². The monoisotopic (exact) mass is 208 g/mol. The maximum absolute atomic E-state index is 11.5. The summed E-state index contributed by atoms with van der Waals surface area (Å²) >= 11 is 0. The molecule has 1 aromatic rings. The first-order valence-electron chi connectivity index (χ1n) is 4.86. The molecule has 1 aliphatic heterocycles. The SMILES string of the molecule is CCNC(=O)c1cc2n(n1)CCNC2=O. The summed E-state index contributed by atoms with van der Waals surface area (Å²) in [6, 6.07) is 1.51. The summed E-state index contributed by atoms with van der Waals surface area (Å²) in [5, 5.41) is 9.39. The van der Waals surface area contributed by atoms with Gasteiger partial charge in [-0.15, -0.1) is 0 Å². The number of amides is 2. The van der Waals surface area contributed by atoms with Crippen LogP contribution >= 0.6 is 0 Å². The summed E-state index contributed by atoms with van der Waals surface area (Å²) in [6.45, 7) is 3.55. The van der Waals surface area contributed by atoms with Crippen molar-refractivity contribution in [1.82, 2.24) is 20.4 Å². The normalized spacial score (nSPS) is 14.3. The van der Waals surface area contributed by atoms with Crippen molar-refractivity contribution in [3.05, 3.63) is 17.5 Å². The van der Waals surface area contributed by atoms with Crippen LogP contribution in [-0.4, -0.2) is 34.7 Å². The lowest BCUT2D eigenvalue weighted by molar-refractivity contribution is 0.0920. The Balaban J connectivity index is 2.29. The zero-order valence-electron chi connectivity index (χ0n) is 8.41. The first-order chi connectivity index (χ1) is 7.22. The molecule has 2 amide bonds. The molecular formula is C9H12N4O2. The van der Waals surface area contributed by atoms with Crippen LogP contribution in [0.3, 0.4) is 0 Å². The smallest absolute Gasteiger partial charge is 0.271 e. The van der Waals surface area contributed by atoms with Gasteiger partial charge in [-0.05, 0) is 6.92 Å². The van der Waals surface area contributed by atoms with E-state index in [9.17, 15) is 9.59 Å². The predicted octanol–water partition coefficient (Wildman–Crippen LogP) is -0.624. The third-order valence-electron chi connectivity index (χ3n) is 2.19. The van der Waals surface area contributed by atoms with Crippen LogP contribution in [0.25, 0.3) is 0 Å². The van der Waals surface area contributed by atoms with Crippen LogP contribution in [0.2, 0.25) is 0 Å². The van der Waals surface area contributed by atoms with Gasteiger partial charge in [-0.1, -0.05) is 0 Å². The maximum Gasteiger partial charge on any atom is 0.271 e. The van der Waals surface area contributed by atoms with E-state index in [2.05, 4.69) is 15.7 Å². The second kappa shape index (κ2) is 3.72. The number of hydrogen-bond acceptors (Lipinski definition) is 3. The van der Waals surface area contributed by atoms with Crippen LogP contribution in [0.1, 0.15) is 27.9 Å². The Labute approximate surface area is 86.6 Å². The van der Waals surface area contributed by atoms with Crippen molar-refractivity contribution in [3.8, 4) is 0 Å². The number of aromatic nitrogens is 2. The van der Waals surface area contributed by atoms with E-state index < -0.39 is 0 Å². The van der Waals surface area contributed by atoms with Gasteiger partial charge in [0.15, 0.2) is 5.69 Å². The van der Waals surface area contributed by atoms with E-state index in [1.54, 1.807) is 4.68 Å². The quantitative estimate of drug-likeness (QED) is 0.679. The minimum Gasteiger partial charge on any atom is -0.351 e. The number of nitrogens with zero attached hydrogens (tertiary/aromatic N) is 2. The highest BCUT2D eigenvalue weighted by atomic mass is 16.2. The van der Waals surface area contributed by atoms with Crippen molar-refractivity contribution in [2.75, 3.05) is 13.1 Å². The molecule has 0 radical (unpaired) electrons. The first kappa shape index (κ1) is 9.70. The summed E-state index contributed by atoms with van der Waals surface area (Å²) in [6.07, 6.45) is 0. The predicted molar refractivity (Wildman–Crippen MR) is 52.6 cm³/mol. The van der Waals surface area contributed by atoms with E-state index in [0.717, 1.165) is 0 Å². The number of fused-ring (bicyclic) bond motifs is 1. The van der Waals surface area contributed by atoms with Gasteiger partial charge in [0.1, 0.15) is 5.69 Å². The Morgan fingerprint density at radius 2 is 2.53 bits per heavy atom. The molecule has 80 valence electrons. The highest BCUT2D eigenvalue weighted by molar-refractivity contribution is 5.98. The minimum absolute atomic E-state index is 0.177. The number of rotatable bonds is 2. The van der Waals surface area contributed by atoms with E-state index in [-0.39, 0.29) is 11.8 Å². The molecule has 0 spiro atoms. The molecule has 6 nitrogen and oxygen atoms in total. The number of nitrogens with one attached hydrogen (secondary N) is 2. The largest absolute Gasteiger partial charge is 0.351 e. The van der Waals surface area contributed by atoms with Crippen LogP contribution in [0.5, 0.6) is 0 Å². The first-order valence-corrected chi connectivity index (χ1v) is 4.86. The highest BCUT2D eigenvalue weighted by Gasteiger charge is 2.21. The van der Waals surface area contributed by atoms with Gasteiger partial charge in [0.2, 0.25) is 0 Å². The van der Waals surface area contributed by atoms with Crippen molar-refractivity contribution in [2.45, 2.75) is 13.5 Å². The van der Waals surface area contributed by atoms with Crippen molar-refractivity contribution in [3.63, 3.8) is 0 Å². The molecule has 2 heterocycles. The van der Waals surface area contributed by atoms with Gasteiger partial charge in [-0.25, -0.2) is 0 Å². The van der Waals surface area contributed by atoms with Crippen LogP contribution in [0.15, 0.2) is 6.07 Å². The fourth-order valence-electron chi connectivity index (χ4n) is 1.50. The molecule has 0 aliphatic carbocycles. The van der Waals surface area contributed by atoms with Crippen LogP contribution in [0.4, 0.5) is 0 Å². The molecule has 0 atom stereocenters. The van der Waals surface area contributed by atoms with Gasteiger partial charge < -0.3 is 10.6 Å². The number of hydrogen-bond donors (Lipinski definition) is 2. The Kier molecular flexibility index (Phi) is 2.40. The van der Waals surface area contributed by atoms with Gasteiger partial charge in [0.25, 0.3) is 11.8 Å². The van der Waals surface area contributed by atoms with Gasteiger partial charge in [-0.2, -0.15) is 5.10 Å². The molecule has 2 N–H and O–H groups in total. The lowest BCUT2D eigenvalue weighted by atomic mass is 10.3. The molecule has 1 aromatic heterocycles. The van der Waals surface area contributed by atoms with Gasteiger partial charge in [-0.3, -0.25) is 14.3 Å². The zero-order valence-corrected chi connectivity index (χ0v) is 8.41. The summed E-state index contributed by atoms with van der Waals surface area (Å²) in [4.78, 5) is 22.8. The van der Waals surface area contributed by atoms with Crippen molar-refractivity contribution in [1.29, 1.82) is 0 Å². The molecule has 6 heteroatoms. The molecule has 0 saturated heterocycles. The summed E-state index contributed by atoms with van der Waals surface area (Å²) in [5.41, 5.74) is 0.742. The van der Waals surface area contributed by atoms with Crippen molar-refractivity contribution < 1.29 is 9.59 Å². The van der Waals surface area contributed by atoms with Crippen molar-refractivity contribution in [2.24, 2.45) is 0 Å². The highest BCUT2D eigenvalue weighted by Crippen LogP contribution is 2.07. The summed E-state index contributed by atoms with van der Waals surface area (Å²) in [5.74, 6) is -0.420. The molecule has 0 fully saturated rings. The van der Waals surface area contributed by atoms with Crippen LogP contribution < -0.4 is 10.6 Å². The lowest BCUT2D eigenvalue weighted by Crippen LogP contribution is -2.35.